The summed E-state index contributed by atoms with van der Waals surface area (Å²) in [7, 11) is -10.00. The van der Waals surface area contributed by atoms with Crippen molar-refractivity contribution in [3.63, 3.8) is 0 Å². The van der Waals surface area contributed by atoms with Crippen molar-refractivity contribution in [2.45, 2.75) is 354 Å². The molecule has 0 bridgehead atoms. The molecule has 0 radical (unpaired) electrons. The standard InChI is InChI=1S/C85H146O17P2/c1-5-9-13-17-21-25-29-33-37-39-43-46-50-54-58-62-66-70-83(88)96-76-81(102-85(90)72-68-64-60-56-52-48-44-40-38-34-30-26-22-18-14-10-6-2)78-100-104(93,94)98-74-79(86)73-97-103(91,92)99-77-80(101-84(89)71-67-63-59-55-51-47-42-36-32-28-24-20-16-12-8-4)75-95-82(87)69-65-61-57-53-49-45-41-35-31-27-23-19-15-11-7-3/h21-22,25-26,33-38,41-44,46,48,54,56,58,60,79-81,86H,5-20,23-24,27-32,39-40,45,47,49-53,55,57,59,61-78H2,1-4H3,(H,91,92)(H,93,94)/b25-21-,26-22-,37-33-,38-34-,41-35-,42-36-,46-43-,48-44-,58-54-,60-56-/t79?,80-,81-/m1/s1. The molecular weight excluding hydrogens is 1350 g/mol. The maximum Gasteiger partial charge on any atom is 0.472 e. The van der Waals surface area contributed by atoms with Gasteiger partial charge < -0.3 is 33.8 Å². The molecule has 0 aliphatic carbocycles. The van der Waals surface area contributed by atoms with E-state index < -0.39 is 97.5 Å². The number of carbonyl (C=O) groups excluding carboxylic acids is 4. The van der Waals surface area contributed by atoms with Crippen molar-refractivity contribution in [1.82, 2.24) is 0 Å². The monoisotopic (exact) mass is 1500 g/mol. The van der Waals surface area contributed by atoms with E-state index in [0.717, 1.165) is 128 Å². The van der Waals surface area contributed by atoms with E-state index in [0.29, 0.717) is 38.5 Å². The second-order valence-corrected chi connectivity index (χ2v) is 29.9. The molecule has 0 rings (SSSR count). The normalized spacial score (nSPS) is 14.5. The Morgan fingerprint density at radius 3 is 0.798 bits per heavy atom. The van der Waals surface area contributed by atoms with Crippen LogP contribution in [0.4, 0.5) is 0 Å². The number of ether oxygens (including phenoxy) is 4. The third-order valence-corrected chi connectivity index (χ3v) is 18.8. The van der Waals surface area contributed by atoms with Gasteiger partial charge in [0.2, 0.25) is 0 Å². The molecule has 0 saturated carbocycles. The first-order valence-electron chi connectivity index (χ1n) is 40.8. The van der Waals surface area contributed by atoms with Crippen LogP contribution in [0.3, 0.4) is 0 Å². The number of phosphoric ester groups is 2. The lowest BCUT2D eigenvalue weighted by molar-refractivity contribution is -0.161. The maximum absolute atomic E-state index is 13.1. The number of hydrogen-bond acceptors (Lipinski definition) is 15. The Kier molecular flexibility index (Phi) is 73.3. The van der Waals surface area contributed by atoms with Crippen molar-refractivity contribution in [3.8, 4) is 0 Å². The molecule has 598 valence electrons. The van der Waals surface area contributed by atoms with E-state index >= 15 is 0 Å². The summed E-state index contributed by atoms with van der Waals surface area (Å²) in [5, 5.41) is 10.6. The summed E-state index contributed by atoms with van der Waals surface area (Å²) < 4.78 is 68.5. The zero-order valence-corrected chi connectivity index (χ0v) is 67.2. The van der Waals surface area contributed by atoms with Gasteiger partial charge in [-0.3, -0.25) is 37.3 Å². The van der Waals surface area contributed by atoms with Gasteiger partial charge in [-0.2, -0.15) is 0 Å². The van der Waals surface area contributed by atoms with Gasteiger partial charge in [0, 0.05) is 25.7 Å². The molecule has 0 fully saturated rings. The van der Waals surface area contributed by atoms with Crippen LogP contribution in [0.1, 0.15) is 336 Å². The number of allylic oxidation sites excluding steroid dienone is 20. The van der Waals surface area contributed by atoms with Crippen molar-refractivity contribution >= 4 is 39.5 Å². The van der Waals surface area contributed by atoms with Crippen LogP contribution in [-0.4, -0.2) is 96.7 Å². The molecule has 0 spiro atoms. The molecule has 0 amide bonds. The van der Waals surface area contributed by atoms with Crippen molar-refractivity contribution in [2.75, 3.05) is 39.6 Å². The number of esters is 4. The molecule has 0 aromatic heterocycles. The minimum absolute atomic E-state index is 0.00510. The third-order valence-electron chi connectivity index (χ3n) is 16.9. The zero-order valence-electron chi connectivity index (χ0n) is 65.4. The van der Waals surface area contributed by atoms with Crippen molar-refractivity contribution in [2.24, 2.45) is 0 Å². The molecular formula is C85H146O17P2. The third kappa shape index (κ3) is 75.7. The van der Waals surface area contributed by atoms with Gasteiger partial charge in [0.1, 0.15) is 19.3 Å². The number of aliphatic hydroxyl groups is 1. The van der Waals surface area contributed by atoms with Gasteiger partial charge in [0.25, 0.3) is 0 Å². The quantitative estimate of drug-likeness (QED) is 0.0169. The van der Waals surface area contributed by atoms with E-state index in [4.69, 9.17) is 37.0 Å². The van der Waals surface area contributed by atoms with Gasteiger partial charge in [-0.05, 0) is 154 Å². The van der Waals surface area contributed by atoms with Crippen LogP contribution < -0.4 is 0 Å². The van der Waals surface area contributed by atoms with Gasteiger partial charge in [-0.25, -0.2) is 9.13 Å². The predicted molar refractivity (Wildman–Crippen MR) is 427 cm³/mol. The summed E-state index contributed by atoms with van der Waals surface area (Å²) in [6, 6.07) is 0. The van der Waals surface area contributed by atoms with Gasteiger partial charge in [-0.1, -0.05) is 278 Å². The first kappa shape index (κ1) is 99.5. The van der Waals surface area contributed by atoms with Crippen LogP contribution >= 0.6 is 15.6 Å². The fourth-order valence-corrected chi connectivity index (χ4v) is 12.2. The number of rotatable bonds is 76. The van der Waals surface area contributed by atoms with E-state index in [-0.39, 0.29) is 25.7 Å². The Morgan fingerprint density at radius 2 is 0.481 bits per heavy atom. The highest BCUT2D eigenvalue weighted by atomic mass is 31.2. The number of unbranched alkanes of at least 4 members (excludes halogenated alkanes) is 30. The van der Waals surface area contributed by atoms with E-state index in [9.17, 15) is 43.2 Å². The molecule has 0 saturated heterocycles. The van der Waals surface area contributed by atoms with E-state index in [1.165, 1.54) is 116 Å². The first-order chi connectivity index (χ1) is 50.7. The van der Waals surface area contributed by atoms with Crippen molar-refractivity contribution in [3.05, 3.63) is 122 Å². The molecule has 0 aromatic rings. The lowest BCUT2D eigenvalue weighted by Crippen LogP contribution is -2.30. The molecule has 0 aliphatic heterocycles. The second-order valence-electron chi connectivity index (χ2n) is 27.0. The Bertz CT molecular complexity index is 2440. The Hall–Kier alpha value is -4.54. The second kappa shape index (κ2) is 76.6. The Morgan fingerprint density at radius 1 is 0.269 bits per heavy atom. The average Bonchev–Trinajstić information content (AvgIpc) is 0.926. The molecule has 3 unspecified atom stereocenters. The first-order valence-corrected chi connectivity index (χ1v) is 43.8. The Labute approximate surface area is 632 Å². The topological polar surface area (TPSA) is 237 Å². The lowest BCUT2D eigenvalue weighted by atomic mass is 10.1. The van der Waals surface area contributed by atoms with Crippen LogP contribution in [-0.2, 0) is 65.4 Å². The highest BCUT2D eigenvalue weighted by Crippen LogP contribution is 2.45. The number of hydrogen-bond donors (Lipinski definition) is 3. The molecule has 19 heteroatoms. The molecule has 0 heterocycles. The van der Waals surface area contributed by atoms with E-state index in [2.05, 4.69) is 125 Å². The van der Waals surface area contributed by atoms with Gasteiger partial charge in [0.05, 0.1) is 26.4 Å². The Balaban J connectivity index is 5.48. The predicted octanol–water partition coefficient (Wildman–Crippen LogP) is 23.9. The molecule has 3 N–H and O–H groups in total. The molecule has 17 nitrogen and oxygen atoms in total. The maximum atomic E-state index is 13.1. The summed E-state index contributed by atoms with van der Waals surface area (Å²) in [5.74, 6) is -2.32. The highest BCUT2D eigenvalue weighted by molar-refractivity contribution is 7.47. The summed E-state index contributed by atoms with van der Waals surface area (Å²) >= 11 is 0. The van der Waals surface area contributed by atoms with Crippen LogP contribution in [0.2, 0.25) is 0 Å². The van der Waals surface area contributed by atoms with Crippen molar-refractivity contribution < 1.29 is 80.2 Å². The lowest BCUT2D eigenvalue weighted by Gasteiger charge is -2.21. The molecule has 104 heavy (non-hydrogen) atoms. The average molecular weight is 1500 g/mol. The van der Waals surface area contributed by atoms with E-state index in [1.54, 1.807) is 0 Å². The van der Waals surface area contributed by atoms with Gasteiger partial charge in [0.15, 0.2) is 12.2 Å². The zero-order chi connectivity index (χ0) is 76.0. The molecule has 0 aromatic carbocycles. The van der Waals surface area contributed by atoms with Crippen LogP contribution in [0, 0.1) is 0 Å². The van der Waals surface area contributed by atoms with Gasteiger partial charge in [-0.15, -0.1) is 0 Å². The number of phosphoric acid groups is 2. The largest absolute Gasteiger partial charge is 0.472 e. The number of carbonyl (C=O) groups is 4. The molecule has 5 atom stereocenters. The summed E-state index contributed by atoms with van der Waals surface area (Å²) in [6.45, 7) is 4.69. The minimum atomic E-state index is -5.01. The smallest absolute Gasteiger partial charge is 0.462 e. The van der Waals surface area contributed by atoms with Crippen LogP contribution in [0.25, 0.3) is 0 Å². The summed E-state index contributed by atoms with van der Waals surface area (Å²) in [5.41, 5.74) is 0. The summed E-state index contributed by atoms with van der Waals surface area (Å²) in [6.07, 6.45) is 84.7. The van der Waals surface area contributed by atoms with Crippen LogP contribution in [0.15, 0.2) is 122 Å². The number of aliphatic hydroxyl groups excluding tert-OH is 1. The fourth-order valence-electron chi connectivity index (χ4n) is 10.6. The fraction of sp³-hybridized carbons (Fsp3) is 0.718. The van der Waals surface area contributed by atoms with Gasteiger partial charge >= 0.3 is 39.5 Å². The van der Waals surface area contributed by atoms with E-state index in [1.807, 2.05) is 24.3 Å². The molecule has 0 aliphatic rings. The highest BCUT2D eigenvalue weighted by Gasteiger charge is 2.30. The SMILES string of the molecule is CCCCC/C=C\C/C=C\C/C=C\C/C=C\CCCC(=O)OC[C@H](COP(=O)(O)OCC(O)COP(=O)(O)OC[C@@H](COC(=O)CCCCCCC/C=C\CCCCCCCC)OC(=O)CCCCCCC/C=C\CCCCCCCC)OC(=O)CCC/C=C\C/C=C\C/C=C\C/C=C\CCCCC. The van der Waals surface area contributed by atoms with Crippen LogP contribution in [0.5, 0.6) is 0 Å². The minimum Gasteiger partial charge on any atom is -0.462 e. The van der Waals surface area contributed by atoms with Crippen molar-refractivity contribution in [1.29, 1.82) is 0 Å². The summed E-state index contributed by atoms with van der Waals surface area (Å²) in [4.78, 5) is 73.0.